The molecule has 1 aromatic rings. The number of halogens is 1. The van der Waals surface area contributed by atoms with Crippen molar-refractivity contribution < 1.29 is 9.59 Å². The van der Waals surface area contributed by atoms with E-state index in [1.165, 1.54) is 6.08 Å². The minimum Gasteiger partial charge on any atom is -0.305 e. The van der Waals surface area contributed by atoms with Crippen LogP contribution in [0.2, 0.25) is 0 Å². The molecule has 1 heterocycles. The Balaban J connectivity index is 2.24. The lowest BCUT2D eigenvalue weighted by Crippen LogP contribution is -2.24. The molecule has 2 rings (SSSR count). The van der Waals surface area contributed by atoms with E-state index in [9.17, 15) is 9.59 Å². The molecular weight excluding hydrogens is 214 g/mol. The molecule has 0 spiro atoms. The molecule has 0 fully saturated rings. The topological polar surface area (TPSA) is 37.4 Å². The number of nitrogens with zero attached hydrogens (tertiary/aromatic N) is 1. The van der Waals surface area contributed by atoms with Gasteiger partial charge in [0.15, 0.2) is 0 Å². The van der Waals surface area contributed by atoms with Gasteiger partial charge in [-0.05, 0) is 35.9 Å². The summed E-state index contributed by atoms with van der Waals surface area (Å²) in [7, 11) is 0. The summed E-state index contributed by atoms with van der Waals surface area (Å²) in [4.78, 5) is 23.8. The highest BCUT2D eigenvalue weighted by atomic mass is 35.5. The zero-order chi connectivity index (χ0) is 10.8. The second kappa shape index (κ2) is 3.87. The van der Waals surface area contributed by atoms with E-state index in [1.54, 1.807) is 35.2 Å². The molecule has 4 heteroatoms. The highest BCUT2D eigenvalue weighted by Crippen LogP contribution is 2.18. The van der Waals surface area contributed by atoms with Gasteiger partial charge in [0.1, 0.15) is 0 Å². The lowest BCUT2D eigenvalue weighted by atomic mass is 10.2. The molecule has 0 bridgehead atoms. The first-order chi connectivity index (χ1) is 7.18. The van der Waals surface area contributed by atoms with E-state index in [1.807, 2.05) is 0 Å². The van der Waals surface area contributed by atoms with Crippen molar-refractivity contribution in [3.63, 3.8) is 0 Å². The Kier molecular flexibility index (Phi) is 2.56. The van der Waals surface area contributed by atoms with Crippen LogP contribution in [0, 0.1) is 0 Å². The van der Waals surface area contributed by atoms with E-state index in [0.717, 1.165) is 5.69 Å². The largest absolute Gasteiger partial charge is 0.305 e. The molecule has 1 aliphatic heterocycles. The molecule has 0 aliphatic carbocycles. The van der Waals surface area contributed by atoms with Crippen molar-refractivity contribution in [2.24, 2.45) is 0 Å². The number of hydrogen-bond acceptors (Lipinski definition) is 2. The first kappa shape index (κ1) is 9.93. The molecule has 0 unspecified atom stereocenters. The van der Waals surface area contributed by atoms with Crippen LogP contribution in [0.25, 0.3) is 0 Å². The van der Waals surface area contributed by atoms with Crippen LogP contribution < -0.4 is 4.90 Å². The Hall–Kier alpha value is -1.61. The minimum absolute atomic E-state index is 0.0417. The van der Waals surface area contributed by atoms with Crippen molar-refractivity contribution in [3.05, 3.63) is 42.0 Å². The summed E-state index contributed by atoms with van der Waals surface area (Å²) < 4.78 is 0. The number of amides is 1. The Morgan fingerprint density at radius 1 is 1.27 bits per heavy atom. The Morgan fingerprint density at radius 3 is 2.40 bits per heavy atom. The van der Waals surface area contributed by atoms with Gasteiger partial charge in [-0.25, -0.2) is 0 Å². The molecule has 1 aliphatic rings. The summed E-state index contributed by atoms with van der Waals surface area (Å²) in [6.45, 7) is 0.576. The van der Waals surface area contributed by atoms with Crippen LogP contribution in [-0.4, -0.2) is 17.7 Å². The third-order valence-electron chi connectivity index (χ3n) is 2.22. The second-order valence-corrected chi connectivity index (χ2v) is 3.52. The third kappa shape index (κ3) is 1.92. The molecule has 3 nitrogen and oxygen atoms in total. The third-order valence-corrected chi connectivity index (χ3v) is 2.44. The van der Waals surface area contributed by atoms with E-state index in [4.69, 9.17) is 11.6 Å². The highest BCUT2D eigenvalue weighted by molar-refractivity contribution is 6.67. The molecule has 76 valence electrons. The van der Waals surface area contributed by atoms with Crippen molar-refractivity contribution in [3.8, 4) is 0 Å². The van der Waals surface area contributed by atoms with Gasteiger partial charge in [-0.1, -0.05) is 6.08 Å². The fraction of sp³-hybridized carbons (Fsp3) is 0.0909. The standard InChI is InChI=1S/C11H8ClNO2/c12-11(15)8-3-5-9(6-4-8)13-7-1-2-10(13)14/h1-6H,7H2. The summed E-state index contributed by atoms with van der Waals surface area (Å²) in [5.74, 6) is -0.0417. The quantitative estimate of drug-likeness (QED) is 0.716. The number of benzene rings is 1. The maximum Gasteiger partial charge on any atom is 0.252 e. The maximum absolute atomic E-state index is 11.3. The van der Waals surface area contributed by atoms with Gasteiger partial charge in [-0.15, -0.1) is 0 Å². The van der Waals surface area contributed by atoms with Crippen molar-refractivity contribution >= 4 is 28.4 Å². The monoisotopic (exact) mass is 221 g/mol. The first-order valence-corrected chi connectivity index (χ1v) is 4.84. The predicted molar refractivity (Wildman–Crippen MR) is 58.1 cm³/mol. The van der Waals surface area contributed by atoms with Crippen LogP contribution in [0.3, 0.4) is 0 Å². The van der Waals surface area contributed by atoms with Crippen LogP contribution in [-0.2, 0) is 4.79 Å². The Morgan fingerprint density at radius 2 is 1.93 bits per heavy atom. The molecule has 15 heavy (non-hydrogen) atoms. The van der Waals surface area contributed by atoms with Gasteiger partial charge < -0.3 is 4.90 Å². The molecule has 1 aromatic carbocycles. The van der Waals surface area contributed by atoms with Gasteiger partial charge in [0.25, 0.3) is 11.1 Å². The molecule has 0 atom stereocenters. The molecule has 0 saturated carbocycles. The van der Waals surface area contributed by atoms with E-state index in [0.29, 0.717) is 12.1 Å². The number of carbonyl (C=O) groups excluding carboxylic acids is 2. The second-order valence-electron chi connectivity index (χ2n) is 3.17. The zero-order valence-corrected chi connectivity index (χ0v) is 8.57. The molecule has 0 radical (unpaired) electrons. The Labute approximate surface area is 91.9 Å². The fourth-order valence-electron chi connectivity index (χ4n) is 1.44. The SMILES string of the molecule is O=C(Cl)c1ccc(N2CC=CC2=O)cc1. The normalized spacial score (nSPS) is 14.7. The molecule has 0 saturated heterocycles. The predicted octanol–water partition coefficient (Wildman–Crippen LogP) is 1.97. The molecule has 0 N–H and O–H groups in total. The van der Waals surface area contributed by atoms with Gasteiger partial charge >= 0.3 is 0 Å². The number of rotatable bonds is 2. The van der Waals surface area contributed by atoms with Crippen LogP contribution in [0.15, 0.2) is 36.4 Å². The van der Waals surface area contributed by atoms with E-state index >= 15 is 0 Å². The van der Waals surface area contributed by atoms with Gasteiger partial charge in [-0.2, -0.15) is 0 Å². The van der Waals surface area contributed by atoms with Gasteiger partial charge in [0, 0.05) is 23.9 Å². The summed E-state index contributed by atoms with van der Waals surface area (Å²) in [5.41, 5.74) is 1.20. The van der Waals surface area contributed by atoms with Crippen LogP contribution in [0.5, 0.6) is 0 Å². The van der Waals surface area contributed by atoms with Crippen LogP contribution in [0.1, 0.15) is 10.4 Å². The first-order valence-electron chi connectivity index (χ1n) is 4.46. The van der Waals surface area contributed by atoms with Gasteiger partial charge in [0.2, 0.25) is 0 Å². The van der Waals surface area contributed by atoms with E-state index < -0.39 is 5.24 Å². The maximum atomic E-state index is 11.3. The van der Waals surface area contributed by atoms with Crippen LogP contribution in [0.4, 0.5) is 5.69 Å². The lowest BCUT2D eigenvalue weighted by Gasteiger charge is -2.15. The fourth-order valence-corrected chi connectivity index (χ4v) is 1.57. The lowest BCUT2D eigenvalue weighted by molar-refractivity contribution is -0.113. The zero-order valence-electron chi connectivity index (χ0n) is 7.81. The number of anilines is 1. The van der Waals surface area contributed by atoms with Crippen molar-refractivity contribution in [2.45, 2.75) is 0 Å². The van der Waals surface area contributed by atoms with Crippen molar-refractivity contribution in [2.75, 3.05) is 11.4 Å². The van der Waals surface area contributed by atoms with Crippen molar-refractivity contribution in [1.29, 1.82) is 0 Å². The summed E-state index contributed by atoms with van der Waals surface area (Å²) in [5, 5.41) is -0.493. The summed E-state index contributed by atoms with van der Waals surface area (Å²) in [6.07, 6.45) is 3.32. The van der Waals surface area contributed by atoms with E-state index in [2.05, 4.69) is 0 Å². The molecule has 1 amide bonds. The average Bonchev–Trinajstić information content (AvgIpc) is 2.65. The number of carbonyl (C=O) groups is 2. The van der Waals surface area contributed by atoms with Crippen molar-refractivity contribution in [1.82, 2.24) is 0 Å². The summed E-state index contributed by atoms with van der Waals surface area (Å²) in [6, 6.07) is 6.63. The summed E-state index contributed by atoms with van der Waals surface area (Å²) >= 11 is 5.31. The van der Waals surface area contributed by atoms with E-state index in [-0.39, 0.29) is 5.91 Å². The number of hydrogen-bond donors (Lipinski definition) is 0. The van der Waals surface area contributed by atoms with Gasteiger partial charge in [0.05, 0.1) is 0 Å². The molecular formula is C11H8ClNO2. The smallest absolute Gasteiger partial charge is 0.252 e. The Bertz CT molecular complexity index is 436. The highest BCUT2D eigenvalue weighted by Gasteiger charge is 2.16. The van der Waals surface area contributed by atoms with Crippen LogP contribution >= 0.6 is 11.6 Å². The van der Waals surface area contributed by atoms with Gasteiger partial charge in [-0.3, -0.25) is 9.59 Å². The minimum atomic E-state index is -0.493. The average molecular weight is 222 g/mol. The molecule has 0 aromatic heterocycles.